The molecule has 1 fully saturated rings. The maximum atomic E-state index is 11.1. The van der Waals surface area contributed by atoms with Crippen molar-refractivity contribution in [3.63, 3.8) is 0 Å². The fourth-order valence-electron chi connectivity index (χ4n) is 1.74. The maximum absolute atomic E-state index is 11.1. The topological polar surface area (TPSA) is 38.3 Å². The van der Waals surface area contributed by atoms with E-state index in [1.807, 2.05) is 11.8 Å². The summed E-state index contributed by atoms with van der Waals surface area (Å²) >= 11 is 1.92. The van der Waals surface area contributed by atoms with Gasteiger partial charge >= 0.3 is 0 Å². The van der Waals surface area contributed by atoms with E-state index in [2.05, 4.69) is 18.8 Å². The van der Waals surface area contributed by atoms with Crippen LogP contribution in [0.5, 0.6) is 0 Å². The van der Waals surface area contributed by atoms with Crippen LogP contribution in [0.15, 0.2) is 12.7 Å². The largest absolute Gasteiger partial charge is 0.381 e. The smallest absolute Gasteiger partial charge is 0.243 e. The number of thioether (sulfide) groups is 1. The van der Waals surface area contributed by atoms with Gasteiger partial charge in [0, 0.05) is 24.5 Å². The Bertz CT molecular complexity index is 219. The van der Waals surface area contributed by atoms with Gasteiger partial charge in [0.05, 0.1) is 0 Å². The fourth-order valence-corrected chi connectivity index (χ4v) is 2.98. The van der Waals surface area contributed by atoms with Gasteiger partial charge in [0.15, 0.2) is 0 Å². The lowest BCUT2D eigenvalue weighted by atomic mass is 9.99. The third kappa shape index (κ3) is 3.87. The molecule has 0 aromatic heterocycles. The minimum absolute atomic E-state index is 0.0856. The lowest BCUT2D eigenvalue weighted by molar-refractivity contribution is -0.116. The van der Waals surface area contributed by atoms with Gasteiger partial charge in [-0.3, -0.25) is 4.79 Å². The first-order valence-electron chi connectivity index (χ1n) is 5.34. The van der Waals surface area contributed by atoms with Gasteiger partial charge in [-0.05, 0) is 24.7 Å². The van der Waals surface area contributed by atoms with E-state index >= 15 is 0 Å². The number of carbonyl (C=O) groups excluding carboxylic acids is 1. The summed E-state index contributed by atoms with van der Waals surface area (Å²) in [5, 5.41) is 2.89. The van der Waals surface area contributed by atoms with Crippen molar-refractivity contribution < 1.29 is 9.53 Å². The molecule has 3 nitrogen and oxygen atoms in total. The van der Waals surface area contributed by atoms with Crippen molar-refractivity contribution >= 4 is 17.7 Å². The van der Waals surface area contributed by atoms with Crippen LogP contribution in [-0.4, -0.2) is 36.2 Å². The average molecular weight is 229 g/mol. The van der Waals surface area contributed by atoms with Crippen LogP contribution < -0.4 is 5.32 Å². The molecule has 0 spiro atoms. The van der Waals surface area contributed by atoms with Gasteiger partial charge in [0.25, 0.3) is 0 Å². The number of rotatable bonds is 5. The molecule has 1 rings (SSSR count). The average Bonchev–Trinajstić information content (AvgIpc) is 2.28. The monoisotopic (exact) mass is 229 g/mol. The predicted molar refractivity (Wildman–Crippen MR) is 64.1 cm³/mol. The molecule has 15 heavy (non-hydrogen) atoms. The summed E-state index contributed by atoms with van der Waals surface area (Å²) in [5.41, 5.74) is 0. The Kier molecular flexibility index (Phi) is 5.19. The van der Waals surface area contributed by atoms with Crippen molar-refractivity contribution in [3.05, 3.63) is 12.7 Å². The van der Waals surface area contributed by atoms with E-state index in [1.165, 1.54) is 6.08 Å². The predicted octanol–water partition coefficient (Wildman–Crippen LogP) is 1.59. The number of ether oxygens (including phenoxy) is 1. The van der Waals surface area contributed by atoms with Crippen LogP contribution in [0.1, 0.15) is 19.8 Å². The lowest BCUT2D eigenvalue weighted by Crippen LogP contribution is -2.44. The quantitative estimate of drug-likeness (QED) is 0.728. The molecule has 0 aliphatic carbocycles. The van der Waals surface area contributed by atoms with Crippen molar-refractivity contribution in [2.45, 2.75) is 24.5 Å². The molecule has 0 bridgehead atoms. The van der Waals surface area contributed by atoms with Crippen LogP contribution in [0.3, 0.4) is 0 Å². The van der Waals surface area contributed by atoms with E-state index in [9.17, 15) is 4.79 Å². The van der Waals surface area contributed by atoms with E-state index in [4.69, 9.17) is 4.74 Å². The summed E-state index contributed by atoms with van der Waals surface area (Å²) in [6, 6.07) is 0. The van der Waals surface area contributed by atoms with Gasteiger partial charge in [-0.25, -0.2) is 0 Å². The number of carbonyl (C=O) groups is 1. The second kappa shape index (κ2) is 6.18. The van der Waals surface area contributed by atoms with Crippen molar-refractivity contribution in [2.75, 3.05) is 25.5 Å². The maximum Gasteiger partial charge on any atom is 0.243 e. The van der Waals surface area contributed by atoms with E-state index in [0.29, 0.717) is 0 Å². The molecular weight excluding hydrogens is 210 g/mol. The highest BCUT2D eigenvalue weighted by atomic mass is 32.2. The number of amides is 1. The third-order valence-corrected chi connectivity index (χ3v) is 4.08. The van der Waals surface area contributed by atoms with Crippen molar-refractivity contribution in [1.82, 2.24) is 5.32 Å². The van der Waals surface area contributed by atoms with Gasteiger partial charge in [0.2, 0.25) is 5.91 Å². The minimum atomic E-state index is -0.0856. The highest BCUT2D eigenvalue weighted by Gasteiger charge is 2.32. The zero-order chi connectivity index (χ0) is 11.1. The zero-order valence-corrected chi connectivity index (χ0v) is 10.1. The van der Waals surface area contributed by atoms with Crippen LogP contribution in [0.4, 0.5) is 0 Å². The molecule has 1 heterocycles. The summed E-state index contributed by atoms with van der Waals surface area (Å²) < 4.78 is 5.53. The van der Waals surface area contributed by atoms with Crippen LogP contribution in [0.25, 0.3) is 0 Å². The van der Waals surface area contributed by atoms with Crippen molar-refractivity contribution in [3.8, 4) is 0 Å². The number of nitrogens with one attached hydrogen (secondary N) is 1. The molecule has 0 saturated carbocycles. The third-order valence-electron chi connectivity index (χ3n) is 2.62. The van der Waals surface area contributed by atoms with Gasteiger partial charge in [0.1, 0.15) is 0 Å². The summed E-state index contributed by atoms with van der Waals surface area (Å²) in [6.45, 7) is 7.93. The standard InChI is InChI=1S/C11H19NO2S/c1-3-10(13)12-9-11(15-4-2)5-7-14-8-6-11/h3H,1,4-9H2,2H3,(H,12,13). The van der Waals surface area contributed by atoms with Crippen LogP contribution >= 0.6 is 11.8 Å². The van der Waals surface area contributed by atoms with Crippen LogP contribution in [0, 0.1) is 0 Å². The molecule has 0 unspecified atom stereocenters. The SMILES string of the molecule is C=CC(=O)NCC1(SCC)CCOCC1. The summed E-state index contributed by atoms with van der Waals surface area (Å²) in [6.07, 6.45) is 3.36. The van der Waals surface area contributed by atoms with E-state index in [-0.39, 0.29) is 10.7 Å². The Morgan fingerprint density at radius 2 is 2.27 bits per heavy atom. The van der Waals surface area contributed by atoms with Gasteiger partial charge in [-0.1, -0.05) is 13.5 Å². The fraction of sp³-hybridized carbons (Fsp3) is 0.727. The first kappa shape index (κ1) is 12.6. The van der Waals surface area contributed by atoms with Crippen LogP contribution in [0.2, 0.25) is 0 Å². The first-order valence-corrected chi connectivity index (χ1v) is 6.33. The molecule has 1 N–H and O–H groups in total. The highest BCUT2D eigenvalue weighted by molar-refractivity contribution is 8.00. The number of hydrogen-bond donors (Lipinski definition) is 1. The molecule has 1 aliphatic heterocycles. The molecule has 1 amide bonds. The van der Waals surface area contributed by atoms with Crippen LogP contribution in [-0.2, 0) is 9.53 Å². The Morgan fingerprint density at radius 3 is 2.80 bits per heavy atom. The first-order chi connectivity index (χ1) is 7.22. The van der Waals surface area contributed by atoms with Gasteiger partial charge in [-0.15, -0.1) is 0 Å². The Balaban J connectivity index is 2.48. The Morgan fingerprint density at radius 1 is 1.60 bits per heavy atom. The summed E-state index contributed by atoms with van der Waals surface area (Å²) in [5.74, 6) is 0.988. The number of hydrogen-bond acceptors (Lipinski definition) is 3. The molecule has 0 aromatic carbocycles. The van der Waals surface area contributed by atoms with E-state index in [0.717, 1.165) is 38.4 Å². The summed E-state index contributed by atoms with van der Waals surface area (Å²) in [4.78, 5) is 11.1. The molecule has 0 radical (unpaired) electrons. The Hall–Kier alpha value is -0.480. The molecular formula is C11H19NO2S. The molecule has 86 valence electrons. The molecule has 0 aromatic rings. The molecule has 4 heteroatoms. The second-order valence-electron chi connectivity index (χ2n) is 3.65. The summed E-state index contributed by atoms with van der Waals surface area (Å²) in [7, 11) is 0. The van der Waals surface area contributed by atoms with Gasteiger partial charge in [-0.2, -0.15) is 11.8 Å². The minimum Gasteiger partial charge on any atom is -0.381 e. The highest BCUT2D eigenvalue weighted by Crippen LogP contribution is 2.34. The zero-order valence-electron chi connectivity index (χ0n) is 9.25. The molecule has 1 aliphatic rings. The lowest BCUT2D eigenvalue weighted by Gasteiger charge is -2.36. The normalized spacial score (nSPS) is 19.5. The molecule has 1 saturated heterocycles. The van der Waals surface area contributed by atoms with Crippen molar-refractivity contribution in [1.29, 1.82) is 0 Å². The second-order valence-corrected chi connectivity index (χ2v) is 5.38. The van der Waals surface area contributed by atoms with Crippen molar-refractivity contribution in [2.24, 2.45) is 0 Å². The van der Waals surface area contributed by atoms with E-state index < -0.39 is 0 Å². The van der Waals surface area contributed by atoms with E-state index in [1.54, 1.807) is 0 Å². The van der Waals surface area contributed by atoms with Gasteiger partial charge < -0.3 is 10.1 Å². The Labute approximate surface area is 95.6 Å². The molecule has 0 atom stereocenters.